The van der Waals surface area contributed by atoms with Crippen molar-refractivity contribution in [1.29, 1.82) is 0 Å². The van der Waals surface area contributed by atoms with E-state index in [1.807, 2.05) is 0 Å². The van der Waals surface area contributed by atoms with Gasteiger partial charge in [0.15, 0.2) is 0 Å². The first-order valence-corrected chi connectivity index (χ1v) is 7.07. The average Bonchev–Trinajstić information content (AvgIpc) is 2.87. The summed E-state index contributed by atoms with van der Waals surface area (Å²) in [5.74, 6) is 1.24. The van der Waals surface area contributed by atoms with Gasteiger partial charge in [0, 0.05) is 30.7 Å². The molecule has 2 heterocycles. The van der Waals surface area contributed by atoms with Crippen molar-refractivity contribution in [1.82, 2.24) is 5.32 Å². The summed E-state index contributed by atoms with van der Waals surface area (Å²) in [6.45, 7) is 3.86. The summed E-state index contributed by atoms with van der Waals surface area (Å²) >= 11 is 3.27. The molecule has 0 radical (unpaired) electrons. The van der Waals surface area contributed by atoms with E-state index in [0.29, 0.717) is 16.3 Å². The van der Waals surface area contributed by atoms with E-state index in [0.717, 1.165) is 37.9 Å². The van der Waals surface area contributed by atoms with Gasteiger partial charge < -0.3 is 10.2 Å². The highest BCUT2D eigenvalue weighted by molar-refractivity contribution is 9.10. The molecule has 0 saturated carbocycles. The van der Waals surface area contributed by atoms with Crippen LogP contribution in [-0.4, -0.2) is 26.2 Å². The number of hydrogen-bond acceptors (Lipinski definition) is 2. The van der Waals surface area contributed by atoms with Gasteiger partial charge in [0.05, 0.1) is 11.3 Å². The normalized spacial score (nSPS) is 26.8. The highest BCUT2D eigenvalue weighted by atomic mass is 79.9. The monoisotopic (exact) mass is 334 g/mol. The van der Waals surface area contributed by atoms with Gasteiger partial charge in [-0.2, -0.15) is 13.2 Å². The molecule has 2 atom stereocenters. The molecular weight excluding hydrogens is 321 g/mol. The Kier molecular flexibility index (Phi) is 3.25. The minimum Gasteiger partial charge on any atom is -0.370 e. The molecule has 0 aliphatic carbocycles. The van der Waals surface area contributed by atoms with E-state index in [1.54, 1.807) is 6.07 Å². The summed E-state index contributed by atoms with van der Waals surface area (Å²) in [7, 11) is 0. The van der Waals surface area contributed by atoms with E-state index in [2.05, 4.69) is 26.1 Å². The largest absolute Gasteiger partial charge is 0.416 e. The van der Waals surface area contributed by atoms with Gasteiger partial charge >= 0.3 is 6.18 Å². The average molecular weight is 335 g/mol. The fourth-order valence-corrected chi connectivity index (χ4v) is 3.62. The third-order valence-electron chi connectivity index (χ3n) is 4.01. The Balaban J connectivity index is 1.82. The smallest absolute Gasteiger partial charge is 0.370 e. The fraction of sp³-hybridized carbons (Fsp3) is 0.538. The number of anilines is 1. The summed E-state index contributed by atoms with van der Waals surface area (Å²) in [5, 5.41) is 3.35. The standard InChI is InChI=1S/C13H14BrF3N2/c14-11-3-10(13(15,16)17)1-2-12(11)19-6-8-4-18-5-9(8)7-19/h1-3,8-9,18H,4-7H2/t8-,9+. The lowest BCUT2D eigenvalue weighted by molar-refractivity contribution is -0.137. The van der Waals surface area contributed by atoms with Crippen LogP contribution in [0.2, 0.25) is 0 Å². The third kappa shape index (κ3) is 2.48. The van der Waals surface area contributed by atoms with Crippen LogP contribution >= 0.6 is 15.9 Å². The van der Waals surface area contributed by atoms with E-state index >= 15 is 0 Å². The second-order valence-corrected chi connectivity index (χ2v) is 6.10. The van der Waals surface area contributed by atoms with Crippen molar-refractivity contribution in [3.63, 3.8) is 0 Å². The van der Waals surface area contributed by atoms with Gasteiger partial charge in [-0.15, -0.1) is 0 Å². The van der Waals surface area contributed by atoms with Crippen molar-refractivity contribution in [2.24, 2.45) is 11.8 Å². The quantitative estimate of drug-likeness (QED) is 0.848. The van der Waals surface area contributed by atoms with Gasteiger partial charge in [0.2, 0.25) is 0 Å². The highest BCUT2D eigenvalue weighted by Gasteiger charge is 2.37. The van der Waals surface area contributed by atoms with Crippen molar-refractivity contribution in [3.05, 3.63) is 28.2 Å². The van der Waals surface area contributed by atoms with Crippen molar-refractivity contribution < 1.29 is 13.2 Å². The molecule has 2 fully saturated rings. The molecule has 6 heteroatoms. The van der Waals surface area contributed by atoms with Crippen LogP contribution in [0.3, 0.4) is 0 Å². The maximum atomic E-state index is 12.6. The van der Waals surface area contributed by atoms with Gasteiger partial charge in [-0.1, -0.05) is 0 Å². The summed E-state index contributed by atoms with van der Waals surface area (Å²) < 4.78 is 38.4. The van der Waals surface area contributed by atoms with Gasteiger partial charge in [-0.3, -0.25) is 0 Å². The maximum Gasteiger partial charge on any atom is 0.416 e. The van der Waals surface area contributed by atoms with E-state index in [9.17, 15) is 13.2 Å². The molecule has 2 saturated heterocycles. The Hall–Kier alpha value is -0.750. The number of nitrogens with one attached hydrogen (secondary N) is 1. The second-order valence-electron chi connectivity index (χ2n) is 5.25. The van der Waals surface area contributed by atoms with E-state index in [1.165, 1.54) is 6.07 Å². The first-order valence-electron chi connectivity index (χ1n) is 6.27. The molecule has 0 amide bonds. The molecule has 1 aromatic rings. The number of halogens is 4. The number of alkyl halides is 3. The van der Waals surface area contributed by atoms with Gasteiger partial charge in [0.1, 0.15) is 0 Å². The third-order valence-corrected chi connectivity index (χ3v) is 4.64. The van der Waals surface area contributed by atoms with Crippen LogP contribution in [0.5, 0.6) is 0 Å². The molecule has 1 N–H and O–H groups in total. The minimum atomic E-state index is -4.29. The van der Waals surface area contributed by atoms with E-state index in [-0.39, 0.29) is 0 Å². The summed E-state index contributed by atoms with van der Waals surface area (Å²) in [6, 6.07) is 3.90. The number of hydrogen-bond donors (Lipinski definition) is 1. The lowest BCUT2D eigenvalue weighted by Gasteiger charge is -2.22. The van der Waals surface area contributed by atoms with Crippen LogP contribution in [0.25, 0.3) is 0 Å². The molecular formula is C13H14BrF3N2. The van der Waals surface area contributed by atoms with Gasteiger partial charge in [-0.25, -0.2) is 0 Å². The van der Waals surface area contributed by atoms with Crippen LogP contribution in [0, 0.1) is 11.8 Å². The minimum absolute atomic E-state index is 0.523. The molecule has 19 heavy (non-hydrogen) atoms. The molecule has 3 rings (SSSR count). The lowest BCUT2D eigenvalue weighted by Crippen LogP contribution is -2.25. The zero-order valence-corrected chi connectivity index (χ0v) is 11.8. The van der Waals surface area contributed by atoms with Crippen LogP contribution in [-0.2, 0) is 6.18 Å². The fourth-order valence-electron chi connectivity index (χ4n) is 2.99. The van der Waals surface area contributed by atoms with Crippen molar-refractivity contribution in [2.75, 3.05) is 31.1 Å². The Morgan fingerprint density at radius 2 is 1.79 bits per heavy atom. The second kappa shape index (κ2) is 4.66. The number of rotatable bonds is 1. The molecule has 2 aliphatic rings. The molecule has 104 valence electrons. The van der Waals surface area contributed by atoms with E-state index < -0.39 is 11.7 Å². The van der Waals surface area contributed by atoms with E-state index in [4.69, 9.17) is 0 Å². The number of nitrogens with zero attached hydrogens (tertiary/aromatic N) is 1. The highest BCUT2D eigenvalue weighted by Crippen LogP contribution is 2.38. The van der Waals surface area contributed by atoms with Crippen LogP contribution < -0.4 is 10.2 Å². The number of benzene rings is 1. The Bertz CT molecular complexity index is 477. The SMILES string of the molecule is FC(F)(F)c1ccc(N2C[C@H]3CNC[C@H]3C2)c(Br)c1. The lowest BCUT2D eigenvalue weighted by atomic mass is 10.0. The summed E-state index contributed by atoms with van der Waals surface area (Å²) in [5.41, 5.74) is 0.256. The first-order chi connectivity index (χ1) is 8.95. The molecule has 0 unspecified atom stereocenters. The van der Waals surface area contributed by atoms with Crippen molar-refractivity contribution >= 4 is 21.6 Å². The number of fused-ring (bicyclic) bond motifs is 1. The first kappa shape index (κ1) is 13.2. The predicted octanol–water partition coefficient (Wildman–Crippen LogP) is 3.12. The molecule has 2 nitrogen and oxygen atoms in total. The molecule has 1 aromatic carbocycles. The summed E-state index contributed by atoms with van der Waals surface area (Å²) in [4.78, 5) is 2.18. The van der Waals surface area contributed by atoms with Crippen LogP contribution in [0.15, 0.2) is 22.7 Å². The van der Waals surface area contributed by atoms with Crippen molar-refractivity contribution in [3.8, 4) is 0 Å². The predicted molar refractivity (Wildman–Crippen MR) is 71.2 cm³/mol. The molecule has 0 aromatic heterocycles. The Labute approximate surface area is 118 Å². The van der Waals surface area contributed by atoms with Gasteiger partial charge in [-0.05, 0) is 46.0 Å². The molecule has 0 bridgehead atoms. The summed E-state index contributed by atoms with van der Waals surface area (Å²) in [6.07, 6.45) is -4.29. The molecule has 0 spiro atoms. The van der Waals surface area contributed by atoms with Crippen molar-refractivity contribution in [2.45, 2.75) is 6.18 Å². The Morgan fingerprint density at radius 1 is 1.16 bits per heavy atom. The zero-order chi connectivity index (χ0) is 13.6. The van der Waals surface area contributed by atoms with Crippen LogP contribution in [0.4, 0.5) is 18.9 Å². The maximum absolute atomic E-state index is 12.6. The molecule has 2 aliphatic heterocycles. The topological polar surface area (TPSA) is 15.3 Å². The van der Waals surface area contributed by atoms with Crippen LogP contribution in [0.1, 0.15) is 5.56 Å². The zero-order valence-electron chi connectivity index (χ0n) is 10.2. The Morgan fingerprint density at radius 3 is 2.32 bits per heavy atom. The van der Waals surface area contributed by atoms with Gasteiger partial charge in [0.25, 0.3) is 0 Å².